The molecule has 0 aliphatic heterocycles. The quantitative estimate of drug-likeness (QED) is 0.691. The Morgan fingerprint density at radius 1 is 1.73 bits per heavy atom. The number of alkyl halides is 1. The molecule has 0 spiro atoms. The summed E-state index contributed by atoms with van der Waals surface area (Å²) in [6.07, 6.45) is 3.38. The molecular formula is C9H11BrS. The molecule has 2 heteroatoms. The molecule has 0 aliphatic rings. The Balaban J connectivity index is 2.71. The van der Waals surface area contributed by atoms with Gasteiger partial charge in [-0.25, -0.2) is 0 Å². The van der Waals surface area contributed by atoms with Crippen LogP contribution in [0.2, 0.25) is 0 Å². The first-order chi connectivity index (χ1) is 5.36. The van der Waals surface area contributed by atoms with E-state index in [1.165, 1.54) is 10.5 Å². The lowest BCUT2D eigenvalue weighted by molar-refractivity contribution is 1.13. The topological polar surface area (TPSA) is 0 Å². The third kappa shape index (κ3) is 2.80. The molecule has 0 bridgehead atoms. The summed E-state index contributed by atoms with van der Waals surface area (Å²) in [5, 5.41) is 3.09. The van der Waals surface area contributed by atoms with E-state index in [2.05, 4.69) is 46.4 Å². The van der Waals surface area contributed by atoms with Crippen molar-refractivity contribution in [2.75, 3.05) is 5.33 Å². The summed E-state index contributed by atoms with van der Waals surface area (Å²) in [6.45, 7) is 2.18. The lowest BCUT2D eigenvalue weighted by atomic mass is 10.2. The third-order valence-corrected chi connectivity index (χ3v) is 3.05. The van der Waals surface area contributed by atoms with Crippen LogP contribution < -0.4 is 0 Å². The molecule has 0 N–H and O–H groups in total. The highest BCUT2D eigenvalue weighted by Gasteiger charge is 1.92. The minimum atomic E-state index is 0.988. The zero-order chi connectivity index (χ0) is 8.10. The Morgan fingerprint density at radius 2 is 2.55 bits per heavy atom. The Hall–Kier alpha value is -0.0800. The average molecular weight is 231 g/mol. The zero-order valence-corrected chi connectivity index (χ0v) is 8.91. The molecule has 0 aromatic carbocycles. The maximum absolute atomic E-state index is 3.46. The van der Waals surface area contributed by atoms with Crippen molar-refractivity contribution in [1.29, 1.82) is 0 Å². The number of thiophene rings is 1. The molecule has 60 valence electrons. The molecular weight excluding hydrogens is 220 g/mol. The minimum absolute atomic E-state index is 0.988. The van der Waals surface area contributed by atoms with Crippen molar-refractivity contribution < 1.29 is 0 Å². The summed E-state index contributed by atoms with van der Waals surface area (Å²) in [4.78, 5) is 1.35. The van der Waals surface area contributed by atoms with E-state index in [0.717, 1.165) is 11.8 Å². The first-order valence-electron chi connectivity index (χ1n) is 3.65. The number of hydrogen-bond acceptors (Lipinski definition) is 1. The van der Waals surface area contributed by atoms with Gasteiger partial charge in [0.1, 0.15) is 0 Å². The van der Waals surface area contributed by atoms with E-state index in [-0.39, 0.29) is 0 Å². The van der Waals surface area contributed by atoms with Gasteiger partial charge in [0.25, 0.3) is 0 Å². The van der Waals surface area contributed by atoms with Crippen LogP contribution in [0.3, 0.4) is 0 Å². The molecule has 1 heterocycles. The second-order valence-corrected chi connectivity index (χ2v) is 3.85. The fraction of sp³-hybridized carbons (Fsp3) is 0.333. The second-order valence-electron chi connectivity index (χ2n) is 2.31. The molecule has 0 unspecified atom stereocenters. The summed E-state index contributed by atoms with van der Waals surface area (Å²) in [5.74, 6) is 0. The number of rotatable bonds is 3. The molecule has 0 amide bonds. The van der Waals surface area contributed by atoms with Gasteiger partial charge in [-0.3, -0.25) is 0 Å². The van der Waals surface area contributed by atoms with Crippen molar-refractivity contribution in [2.45, 2.75) is 13.3 Å². The SMILES string of the molecule is CCC(=Cc1cccs1)CBr. The maximum Gasteiger partial charge on any atom is 0.0270 e. The smallest absolute Gasteiger partial charge is 0.0270 e. The van der Waals surface area contributed by atoms with Gasteiger partial charge in [0, 0.05) is 10.2 Å². The van der Waals surface area contributed by atoms with Gasteiger partial charge in [0.2, 0.25) is 0 Å². The highest BCUT2D eigenvalue weighted by molar-refractivity contribution is 9.09. The molecule has 1 aromatic rings. The van der Waals surface area contributed by atoms with Gasteiger partial charge in [-0.15, -0.1) is 11.3 Å². The van der Waals surface area contributed by atoms with E-state index >= 15 is 0 Å². The van der Waals surface area contributed by atoms with Crippen molar-refractivity contribution in [3.05, 3.63) is 28.0 Å². The molecule has 0 saturated heterocycles. The van der Waals surface area contributed by atoms with Crippen molar-refractivity contribution >= 4 is 33.3 Å². The van der Waals surface area contributed by atoms with Crippen LogP contribution in [0, 0.1) is 0 Å². The summed E-state index contributed by atoms with van der Waals surface area (Å²) in [7, 11) is 0. The number of allylic oxidation sites excluding steroid dienone is 1. The lowest BCUT2D eigenvalue weighted by Crippen LogP contribution is -1.79. The van der Waals surface area contributed by atoms with Crippen LogP contribution >= 0.6 is 27.3 Å². The van der Waals surface area contributed by atoms with Crippen LogP contribution in [0.15, 0.2) is 23.1 Å². The zero-order valence-electron chi connectivity index (χ0n) is 6.51. The van der Waals surface area contributed by atoms with Crippen LogP contribution in [0.5, 0.6) is 0 Å². The highest BCUT2D eigenvalue weighted by Crippen LogP contribution is 2.15. The fourth-order valence-electron chi connectivity index (χ4n) is 0.810. The molecule has 0 radical (unpaired) electrons. The molecule has 1 aromatic heterocycles. The van der Waals surface area contributed by atoms with Crippen molar-refractivity contribution in [3.63, 3.8) is 0 Å². The van der Waals surface area contributed by atoms with Crippen LogP contribution in [-0.4, -0.2) is 5.33 Å². The molecule has 11 heavy (non-hydrogen) atoms. The van der Waals surface area contributed by atoms with Gasteiger partial charge >= 0.3 is 0 Å². The predicted molar refractivity (Wildman–Crippen MR) is 56.4 cm³/mol. The van der Waals surface area contributed by atoms with Crippen LogP contribution in [0.4, 0.5) is 0 Å². The van der Waals surface area contributed by atoms with Crippen LogP contribution in [0.25, 0.3) is 6.08 Å². The average Bonchev–Trinajstić information content (AvgIpc) is 2.52. The van der Waals surface area contributed by atoms with E-state index in [1.807, 2.05) is 0 Å². The largest absolute Gasteiger partial charge is 0.144 e. The first kappa shape index (κ1) is 9.01. The minimum Gasteiger partial charge on any atom is -0.144 e. The van der Waals surface area contributed by atoms with Crippen LogP contribution in [0.1, 0.15) is 18.2 Å². The van der Waals surface area contributed by atoms with Gasteiger partial charge < -0.3 is 0 Å². The number of hydrogen-bond donors (Lipinski definition) is 0. The number of halogens is 1. The fourth-order valence-corrected chi connectivity index (χ4v) is 2.07. The van der Waals surface area contributed by atoms with Gasteiger partial charge in [0.05, 0.1) is 0 Å². The van der Waals surface area contributed by atoms with Crippen molar-refractivity contribution in [2.24, 2.45) is 0 Å². The van der Waals surface area contributed by atoms with Gasteiger partial charge in [-0.05, 0) is 23.9 Å². The van der Waals surface area contributed by atoms with Crippen LogP contribution in [-0.2, 0) is 0 Å². The monoisotopic (exact) mass is 230 g/mol. The second kappa shape index (κ2) is 4.73. The van der Waals surface area contributed by atoms with Gasteiger partial charge in [-0.2, -0.15) is 0 Å². The van der Waals surface area contributed by atoms with Gasteiger partial charge in [-0.1, -0.05) is 34.5 Å². The standard InChI is InChI=1S/C9H11BrS/c1-2-8(7-10)6-9-4-3-5-11-9/h3-6H,2,7H2,1H3. The maximum atomic E-state index is 3.46. The van der Waals surface area contributed by atoms with Gasteiger partial charge in [0.15, 0.2) is 0 Å². The predicted octanol–water partition coefficient (Wildman–Crippen LogP) is 3.94. The molecule has 0 saturated carbocycles. The lowest BCUT2D eigenvalue weighted by Gasteiger charge is -1.95. The molecule has 1 rings (SSSR count). The van der Waals surface area contributed by atoms with E-state index < -0.39 is 0 Å². The molecule has 0 fully saturated rings. The Morgan fingerprint density at radius 3 is 3.00 bits per heavy atom. The van der Waals surface area contributed by atoms with Crippen molar-refractivity contribution in [1.82, 2.24) is 0 Å². The van der Waals surface area contributed by atoms with E-state index in [0.29, 0.717) is 0 Å². The Kier molecular flexibility index (Phi) is 3.87. The van der Waals surface area contributed by atoms with E-state index in [1.54, 1.807) is 11.3 Å². The molecule has 0 aliphatic carbocycles. The summed E-state index contributed by atoms with van der Waals surface area (Å²) < 4.78 is 0. The first-order valence-corrected chi connectivity index (χ1v) is 5.66. The highest BCUT2D eigenvalue weighted by atomic mass is 79.9. The molecule has 0 nitrogen and oxygen atoms in total. The van der Waals surface area contributed by atoms with E-state index in [4.69, 9.17) is 0 Å². The van der Waals surface area contributed by atoms with Crippen molar-refractivity contribution in [3.8, 4) is 0 Å². The Bertz CT molecular complexity index is 218. The molecule has 0 atom stereocenters. The summed E-state index contributed by atoms with van der Waals surface area (Å²) in [5.41, 5.74) is 1.45. The third-order valence-electron chi connectivity index (χ3n) is 1.52. The Labute approximate surface area is 80.1 Å². The normalized spacial score (nSPS) is 12.0. The van der Waals surface area contributed by atoms with E-state index in [9.17, 15) is 0 Å². The summed E-state index contributed by atoms with van der Waals surface area (Å²) >= 11 is 5.24. The summed E-state index contributed by atoms with van der Waals surface area (Å²) in [6, 6.07) is 4.22.